The average molecular weight is 288 g/mol. The minimum Gasteiger partial charge on any atom is 0 e. The fraction of sp³-hybridized carbons (Fsp3) is 0. The van der Waals surface area contributed by atoms with E-state index in [0.717, 1.165) is 0 Å². The van der Waals surface area contributed by atoms with Gasteiger partial charge in [-0.15, -0.1) is 0 Å². The summed E-state index contributed by atoms with van der Waals surface area (Å²) in [6, 6.07) is 0. The summed E-state index contributed by atoms with van der Waals surface area (Å²) in [7, 11) is 0. The molecule has 3 nitrogen and oxygen atoms in total. The summed E-state index contributed by atoms with van der Waals surface area (Å²) in [5.74, 6) is 0. The van der Waals surface area contributed by atoms with Crippen LogP contribution in [-0.2, 0) is 36.6 Å². The van der Waals surface area contributed by atoms with Gasteiger partial charge in [-0.05, 0) is 0 Å². The van der Waals surface area contributed by atoms with Gasteiger partial charge in [0.05, 0.1) is 0 Å². The van der Waals surface area contributed by atoms with Gasteiger partial charge >= 0.3 is 28.8 Å². The summed E-state index contributed by atoms with van der Waals surface area (Å²) < 4.78 is 25.8. The molecule has 0 unspecified atom stereocenters. The van der Waals surface area contributed by atoms with Crippen molar-refractivity contribution >= 4 is 19.5 Å². The van der Waals surface area contributed by atoms with Gasteiger partial charge in [-0.25, -0.2) is 0 Å². The second-order valence-electron chi connectivity index (χ2n) is 0.204. The molecule has 0 saturated heterocycles. The van der Waals surface area contributed by atoms with Gasteiger partial charge in [0.25, 0.3) is 0 Å². The molecule has 0 fully saturated rings. The van der Waals surface area contributed by atoms with E-state index in [0.29, 0.717) is 0 Å². The molecule has 26 valence electrons. The zero-order chi connectivity index (χ0) is 3.58. The summed E-state index contributed by atoms with van der Waals surface area (Å²) in [5, 5.41) is 0. The predicted octanol–water partition coefficient (Wildman–Crippen LogP) is -0.740. The summed E-state index contributed by atoms with van der Waals surface area (Å²) in [6.45, 7) is 0. The van der Waals surface area contributed by atoms with E-state index >= 15 is 0 Å². The van der Waals surface area contributed by atoms with Gasteiger partial charge in [0.1, 0.15) is 0 Å². The van der Waals surface area contributed by atoms with Crippen LogP contribution in [0.4, 0.5) is 0 Å². The Morgan fingerprint density at radius 3 is 1.00 bits per heavy atom. The molecule has 0 aromatic heterocycles. The van der Waals surface area contributed by atoms with Gasteiger partial charge in [0, 0.05) is 27.3 Å². The molecular formula is CdO3Te. The molecule has 0 bridgehead atoms. The SMILES string of the molecule is O=[Te](=O)=O.[Cd]. The van der Waals surface area contributed by atoms with Gasteiger partial charge in [0.2, 0.25) is 0 Å². The van der Waals surface area contributed by atoms with Crippen LogP contribution >= 0.6 is 0 Å². The first-order valence-electron chi connectivity index (χ1n) is 0.500. The van der Waals surface area contributed by atoms with Gasteiger partial charge < -0.3 is 0 Å². The maximum atomic E-state index is 8.59. The van der Waals surface area contributed by atoms with E-state index < -0.39 is 19.5 Å². The molecule has 0 aliphatic heterocycles. The zero-order valence-corrected chi connectivity index (χ0v) is 8.71. The Morgan fingerprint density at radius 2 is 1.00 bits per heavy atom. The van der Waals surface area contributed by atoms with Crippen molar-refractivity contribution in [2.45, 2.75) is 0 Å². The molecule has 0 spiro atoms. The summed E-state index contributed by atoms with van der Waals surface area (Å²) >= 11 is -4.11. The standard InChI is InChI=1S/Cd.O3Te/c;1-4(2)3. The van der Waals surface area contributed by atoms with Crippen LogP contribution in [0.2, 0.25) is 0 Å². The number of hydrogen-bond donors (Lipinski definition) is 0. The predicted molar refractivity (Wildman–Crippen MR) is 7.81 cm³/mol. The molecule has 5 heteroatoms. The summed E-state index contributed by atoms with van der Waals surface area (Å²) in [5.41, 5.74) is 0. The Kier molecular flexibility index (Phi) is 9.66. The van der Waals surface area contributed by atoms with E-state index in [1.807, 2.05) is 0 Å². The molecule has 0 heterocycles. The first kappa shape index (κ1) is 9.45. The number of rotatable bonds is 0. The monoisotopic (exact) mass is 292 g/mol. The van der Waals surface area contributed by atoms with Crippen molar-refractivity contribution in [3.63, 3.8) is 0 Å². The fourth-order valence-electron chi connectivity index (χ4n) is 0. The van der Waals surface area contributed by atoms with E-state index in [-0.39, 0.29) is 27.3 Å². The maximum absolute atomic E-state index is 8.59. The Morgan fingerprint density at radius 1 is 1.00 bits per heavy atom. The Labute approximate surface area is 55.7 Å². The van der Waals surface area contributed by atoms with Gasteiger partial charge in [-0.3, -0.25) is 0 Å². The molecule has 0 aliphatic rings. The third-order valence-electron chi connectivity index (χ3n) is 0. The van der Waals surface area contributed by atoms with Crippen molar-refractivity contribution < 1.29 is 36.6 Å². The van der Waals surface area contributed by atoms with Crippen LogP contribution in [0.25, 0.3) is 0 Å². The second kappa shape index (κ2) is 5.11. The average Bonchev–Trinajstić information content (AvgIpc) is 0.811. The first-order chi connectivity index (χ1) is 1.73. The minimum absolute atomic E-state index is 0. The van der Waals surface area contributed by atoms with Crippen molar-refractivity contribution in [3.8, 4) is 0 Å². The van der Waals surface area contributed by atoms with Crippen LogP contribution in [0.1, 0.15) is 0 Å². The van der Waals surface area contributed by atoms with E-state index in [1.54, 1.807) is 0 Å². The first-order valence-corrected chi connectivity index (χ1v) is 3.35. The third-order valence-corrected chi connectivity index (χ3v) is 0. The molecule has 0 amide bonds. The fourth-order valence-corrected chi connectivity index (χ4v) is 0. The second-order valence-corrected chi connectivity index (χ2v) is 1.37. The molecule has 0 atom stereocenters. The van der Waals surface area contributed by atoms with Crippen LogP contribution in [0.5, 0.6) is 0 Å². The zero-order valence-electron chi connectivity index (χ0n) is 2.34. The topological polar surface area (TPSA) is 51.2 Å². The van der Waals surface area contributed by atoms with Crippen LogP contribution in [0, 0.1) is 0 Å². The van der Waals surface area contributed by atoms with Crippen LogP contribution in [0.3, 0.4) is 0 Å². The van der Waals surface area contributed by atoms with Crippen molar-refractivity contribution in [2.24, 2.45) is 0 Å². The van der Waals surface area contributed by atoms with Gasteiger partial charge in [0.15, 0.2) is 0 Å². The van der Waals surface area contributed by atoms with E-state index in [9.17, 15) is 0 Å². The molecule has 0 rings (SSSR count). The van der Waals surface area contributed by atoms with E-state index in [1.165, 1.54) is 0 Å². The summed E-state index contributed by atoms with van der Waals surface area (Å²) in [4.78, 5) is 0. The molecule has 0 N–H and O–H groups in total. The van der Waals surface area contributed by atoms with Gasteiger partial charge in [-0.1, -0.05) is 0 Å². The van der Waals surface area contributed by atoms with E-state index in [4.69, 9.17) is 9.31 Å². The van der Waals surface area contributed by atoms with Crippen LogP contribution in [-0.4, -0.2) is 19.5 Å². The smallest absolute Gasteiger partial charge is 0 e. The molecular weight excluding hydrogens is 288 g/mol. The Balaban J connectivity index is 0. The Bertz CT molecular complexity index is 76.3. The van der Waals surface area contributed by atoms with Crippen molar-refractivity contribution in [1.82, 2.24) is 0 Å². The van der Waals surface area contributed by atoms with Crippen molar-refractivity contribution in [2.75, 3.05) is 0 Å². The van der Waals surface area contributed by atoms with Crippen LogP contribution < -0.4 is 0 Å². The largest absolute Gasteiger partial charge is 0 e. The summed E-state index contributed by atoms with van der Waals surface area (Å²) in [6.07, 6.45) is 0. The Hall–Kier alpha value is 1.11. The van der Waals surface area contributed by atoms with E-state index in [2.05, 4.69) is 0 Å². The minimum atomic E-state index is -4.11. The molecule has 5 heavy (non-hydrogen) atoms. The quantitative estimate of drug-likeness (QED) is 0.552. The van der Waals surface area contributed by atoms with Crippen molar-refractivity contribution in [1.29, 1.82) is 0 Å². The molecule has 0 aliphatic carbocycles. The molecule has 0 saturated carbocycles. The normalized spacial score (nSPS) is 4.80. The maximum Gasteiger partial charge on any atom is 0 e. The van der Waals surface area contributed by atoms with Crippen LogP contribution in [0.15, 0.2) is 0 Å². The third kappa shape index (κ3) is 40.0. The molecule has 0 radical (unpaired) electrons. The number of hydrogen-bond acceptors (Lipinski definition) is 3. The van der Waals surface area contributed by atoms with Gasteiger partial charge in [-0.2, -0.15) is 0 Å². The molecule has 0 aromatic rings. The van der Waals surface area contributed by atoms with Crippen molar-refractivity contribution in [3.05, 3.63) is 0 Å². The molecule has 0 aromatic carbocycles.